The van der Waals surface area contributed by atoms with Crippen LogP contribution >= 0.6 is 11.6 Å². The van der Waals surface area contributed by atoms with E-state index in [2.05, 4.69) is 16.0 Å². The zero-order valence-electron chi connectivity index (χ0n) is 14.1. The molecule has 6 nitrogen and oxygen atoms in total. The van der Waals surface area contributed by atoms with Crippen LogP contribution in [0.15, 0.2) is 83.5 Å². The lowest BCUT2D eigenvalue weighted by Crippen LogP contribution is -2.29. The molecule has 0 fully saturated rings. The van der Waals surface area contributed by atoms with E-state index in [4.69, 9.17) is 16.0 Å². The van der Waals surface area contributed by atoms with Gasteiger partial charge in [-0.3, -0.25) is 15.6 Å². The number of carbonyl (C=O) groups is 1. The lowest BCUT2D eigenvalue weighted by atomic mass is 10.2. The van der Waals surface area contributed by atoms with Gasteiger partial charge in [-0.25, -0.2) is 4.68 Å². The average Bonchev–Trinajstić information content (AvgIpc) is 3.36. The van der Waals surface area contributed by atoms with Gasteiger partial charge in [0, 0.05) is 11.1 Å². The zero-order valence-corrected chi connectivity index (χ0v) is 14.9. The fourth-order valence-electron chi connectivity index (χ4n) is 2.61. The molecule has 0 aliphatic heterocycles. The predicted octanol–water partition coefficient (Wildman–Crippen LogP) is 4.54. The highest BCUT2D eigenvalue weighted by Gasteiger charge is 2.18. The Balaban J connectivity index is 1.66. The number of para-hydroxylation sites is 1. The summed E-state index contributed by atoms with van der Waals surface area (Å²) in [6, 6.07) is 21.8. The number of nitrogens with one attached hydrogen (secondary N) is 2. The van der Waals surface area contributed by atoms with E-state index in [1.807, 2.05) is 48.5 Å². The first-order valence-electron chi connectivity index (χ1n) is 8.22. The second-order valence-electron chi connectivity index (χ2n) is 5.73. The molecule has 0 atom stereocenters. The minimum absolute atomic E-state index is 0.241. The maximum atomic E-state index is 12.5. The number of carbonyl (C=O) groups excluding carboxylic acids is 1. The van der Waals surface area contributed by atoms with Gasteiger partial charge in [0.2, 0.25) is 0 Å². The van der Waals surface area contributed by atoms with Gasteiger partial charge in [0.1, 0.15) is 5.69 Å². The number of nitrogens with zero attached hydrogens (tertiary/aromatic N) is 2. The smallest absolute Gasteiger partial charge is 0.290 e. The number of amides is 1. The molecule has 0 spiro atoms. The van der Waals surface area contributed by atoms with E-state index in [1.165, 1.54) is 0 Å². The molecule has 2 aromatic carbocycles. The Morgan fingerprint density at radius 2 is 1.85 bits per heavy atom. The van der Waals surface area contributed by atoms with Gasteiger partial charge in [-0.2, -0.15) is 5.10 Å². The van der Waals surface area contributed by atoms with E-state index in [9.17, 15) is 4.79 Å². The predicted molar refractivity (Wildman–Crippen MR) is 104 cm³/mol. The van der Waals surface area contributed by atoms with Crippen molar-refractivity contribution in [1.29, 1.82) is 0 Å². The summed E-state index contributed by atoms with van der Waals surface area (Å²) in [4.78, 5) is 12.5. The van der Waals surface area contributed by atoms with Crippen molar-refractivity contribution >= 4 is 23.2 Å². The van der Waals surface area contributed by atoms with Gasteiger partial charge >= 0.3 is 0 Å². The van der Waals surface area contributed by atoms with Gasteiger partial charge in [-0.05, 0) is 42.5 Å². The molecule has 134 valence electrons. The van der Waals surface area contributed by atoms with Crippen molar-refractivity contribution < 1.29 is 9.21 Å². The van der Waals surface area contributed by atoms with Crippen molar-refractivity contribution in [2.45, 2.75) is 0 Å². The number of anilines is 1. The maximum absolute atomic E-state index is 12.5. The Kier molecular flexibility index (Phi) is 4.63. The number of hydrogen-bond acceptors (Lipinski definition) is 4. The number of benzene rings is 2. The number of rotatable bonds is 5. The first kappa shape index (κ1) is 16.9. The van der Waals surface area contributed by atoms with Crippen LogP contribution in [0.2, 0.25) is 5.02 Å². The van der Waals surface area contributed by atoms with Crippen molar-refractivity contribution in [2.75, 3.05) is 5.43 Å². The number of aromatic nitrogens is 2. The van der Waals surface area contributed by atoms with Gasteiger partial charge in [0.25, 0.3) is 5.91 Å². The number of hydrogen-bond donors (Lipinski definition) is 2. The summed E-state index contributed by atoms with van der Waals surface area (Å²) in [6.45, 7) is 0. The Bertz CT molecular complexity index is 1060. The van der Waals surface area contributed by atoms with Crippen LogP contribution in [-0.4, -0.2) is 15.7 Å². The molecular formula is C20H15ClN4O2. The minimum atomic E-state index is -0.368. The summed E-state index contributed by atoms with van der Waals surface area (Å²) in [7, 11) is 0. The number of furan rings is 1. The van der Waals surface area contributed by atoms with Gasteiger partial charge in [0.05, 0.1) is 17.6 Å². The largest absolute Gasteiger partial charge is 0.463 e. The topological polar surface area (TPSA) is 72.1 Å². The second-order valence-corrected chi connectivity index (χ2v) is 6.17. The fraction of sp³-hybridized carbons (Fsp3) is 0. The molecule has 2 heterocycles. The first-order chi connectivity index (χ1) is 13.2. The van der Waals surface area contributed by atoms with Crippen LogP contribution in [0.1, 0.15) is 10.5 Å². The number of hydrazine groups is 1. The molecule has 2 N–H and O–H groups in total. The molecular weight excluding hydrogens is 364 g/mol. The van der Waals surface area contributed by atoms with E-state index in [0.717, 1.165) is 11.4 Å². The molecule has 4 rings (SSSR count). The van der Waals surface area contributed by atoms with Crippen molar-refractivity contribution in [3.63, 3.8) is 0 Å². The van der Waals surface area contributed by atoms with Crippen LogP contribution in [0.4, 0.5) is 5.69 Å². The van der Waals surface area contributed by atoms with E-state index in [1.54, 1.807) is 35.2 Å². The summed E-state index contributed by atoms with van der Waals surface area (Å²) in [5.41, 5.74) is 7.89. The van der Waals surface area contributed by atoms with Crippen LogP contribution in [0, 0.1) is 0 Å². The molecule has 1 amide bonds. The third kappa shape index (κ3) is 3.70. The van der Waals surface area contributed by atoms with E-state index in [-0.39, 0.29) is 11.6 Å². The minimum Gasteiger partial charge on any atom is -0.463 e. The van der Waals surface area contributed by atoms with Gasteiger partial charge < -0.3 is 4.42 Å². The van der Waals surface area contributed by atoms with E-state index >= 15 is 0 Å². The monoisotopic (exact) mass is 378 g/mol. The van der Waals surface area contributed by atoms with Crippen molar-refractivity contribution in [2.24, 2.45) is 0 Å². The molecule has 2 aromatic heterocycles. The Hall–Kier alpha value is -3.51. The average molecular weight is 379 g/mol. The zero-order chi connectivity index (χ0) is 18.6. The quantitative estimate of drug-likeness (QED) is 0.500. The molecule has 7 heteroatoms. The maximum Gasteiger partial charge on any atom is 0.290 e. The molecule has 4 aromatic rings. The first-order valence-corrected chi connectivity index (χ1v) is 8.60. The fourth-order valence-corrected chi connectivity index (χ4v) is 2.80. The third-order valence-electron chi connectivity index (χ3n) is 3.86. The second kappa shape index (κ2) is 7.39. The lowest BCUT2D eigenvalue weighted by Gasteiger charge is -2.07. The Labute approximate surface area is 160 Å². The summed E-state index contributed by atoms with van der Waals surface area (Å²) in [5, 5.41) is 5.01. The van der Waals surface area contributed by atoms with Crippen molar-refractivity contribution in [1.82, 2.24) is 15.2 Å². The van der Waals surface area contributed by atoms with Crippen LogP contribution in [0.5, 0.6) is 0 Å². The van der Waals surface area contributed by atoms with E-state index in [0.29, 0.717) is 16.5 Å². The Morgan fingerprint density at radius 3 is 2.59 bits per heavy atom. The third-order valence-corrected chi connectivity index (χ3v) is 4.10. The normalized spacial score (nSPS) is 10.6. The highest BCUT2D eigenvalue weighted by Crippen LogP contribution is 2.25. The molecule has 0 bridgehead atoms. The molecule has 0 aliphatic carbocycles. The van der Waals surface area contributed by atoms with Crippen molar-refractivity contribution in [3.05, 3.63) is 89.8 Å². The van der Waals surface area contributed by atoms with E-state index < -0.39 is 0 Å². The van der Waals surface area contributed by atoms with Crippen LogP contribution in [-0.2, 0) is 0 Å². The summed E-state index contributed by atoms with van der Waals surface area (Å²) >= 11 is 6.11. The summed E-state index contributed by atoms with van der Waals surface area (Å²) in [6.07, 6.45) is 1.57. The van der Waals surface area contributed by atoms with Gasteiger partial charge in [-0.1, -0.05) is 35.9 Å². The molecule has 0 saturated carbocycles. The molecule has 0 aliphatic rings. The molecule has 27 heavy (non-hydrogen) atoms. The summed E-state index contributed by atoms with van der Waals surface area (Å²) < 4.78 is 7.12. The molecule has 0 saturated heterocycles. The lowest BCUT2D eigenvalue weighted by molar-refractivity contribution is 0.0957. The van der Waals surface area contributed by atoms with Gasteiger partial charge in [0.15, 0.2) is 11.5 Å². The van der Waals surface area contributed by atoms with Crippen LogP contribution < -0.4 is 10.9 Å². The highest BCUT2D eigenvalue weighted by atomic mass is 35.5. The summed E-state index contributed by atoms with van der Waals surface area (Å²) in [5.74, 6) is 0.227. The van der Waals surface area contributed by atoms with Crippen molar-refractivity contribution in [3.8, 4) is 17.1 Å². The molecule has 0 unspecified atom stereocenters. The standard InChI is InChI=1S/C20H15ClN4O2/c21-14-6-4-9-16(12-14)25-18(19-10-5-11-27-19)13-17(24-25)20(26)23-22-15-7-2-1-3-8-15/h1-13,22H,(H,23,26). The Morgan fingerprint density at radius 1 is 1.00 bits per heavy atom. The SMILES string of the molecule is O=C(NNc1ccccc1)c1cc(-c2ccco2)n(-c2cccc(Cl)c2)n1. The number of halogens is 1. The molecule has 0 radical (unpaired) electrons. The van der Waals surface area contributed by atoms with Crippen LogP contribution in [0.3, 0.4) is 0 Å². The highest BCUT2D eigenvalue weighted by molar-refractivity contribution is 6.30. The van der Waals surface area contributed by atoms with Gasteiger partial charge in [-0.15, -0.1) is 0 Å². The van der Waals surface area contributed by atoms with Crippen LogP contribution in [0.25, 0.3) is 17.1 Å².